The second kappa shape index (κ2) is 8.31. The number of anilines is 2. The Hall–Kier alpha value is -3.40. The number of carbonyl (C=O) groups excluding carboxylic acids is 2. The molecule has 1 aliphatic rings. The van der Waals surface area contributed by atoms with Crippen LogP contribution in [0.15, 0.2) is 53.9 Å². The molecule has 1 saturated heterocycles. The number of hydrogen-bond donors (Lipinski definition) is 2. The summed E-state index contributed by atoms with van der Waals surface area (Å²) in [6.45, 7) is 0.706. The van der Waals surface area contributed by atoms with Crippen LogP contribution in [-0.4, -0.2) is 44.0 Å². The zero-order chi connectivity index (χ0) is 20.2. The summed E-state index contributed by atoms with van der Waals surface area (Å²) in [6, 6.07) is 10.9. The Morgan fingerprint density at radius 2 is 2.14 bits per heavy atom. The smallest absolute Gasteiger partial charge is 0.234 e. The van der Waals surface area contributed by atoms with Crippen LogP contribution in [0.2, 0.25) is 0 Å². The van der Waals surface area contributed by atoms with Crippen molar-refractivity contribution in [3.8, 4) is 11.4 Å². The first kappa shape index (κ1) is 18.9. The van der Waals surface area contributed by atoms with Crippen LogP contribution in [0.4, 0.5) is 11.4 Å². The van der Waals surface area contributed by atoms with Gasteiger partial charge in [0.1, 0.15) is 0 Å². The SMILES string of the molecule is Nn1c(SCC(=O)Nc2cccc(N3CCCC3=O)c2)nnc1-c1cccnc1. The molecule has 3 N–H and O–H groups in total. The highest BCUT2D eigenvalue weighted by molar-refractivity contribution is 7.99. The lowest BCUT2D eigenvalue weighted by molar-refractivity contribution is -0.117. The lowest BCUT2D eigenvalue weighted by Gasteiger charge is -2.16. The van der Waals surface area contributed by atoms with E-state index in [9.17, 15) is 9.59 Å². The van der Waals surface area contributed by atoms with Crippen LogP contribution in [0.25, 0.3) is 11.4 Å². The van der Waals surface area contributed by atoms with Crippen LogP contribution in [0.5, 0.6) is 0 Å². The number of aromatic nitrogens is 4. The normalized spacial score (nSPS) is 13.7. The number of nitrogens with one attached hydrogen (secondary N) is 1. The van der Waals surface area contributed by atoms with Crippen molar-refractivity contribution in [2.24, 2.45) is 0 Å². The van der Waals surface area contributed by atoms with E-state index in [4.69, 9.17) is 5.84 Å². The number of nitrogen functional groups attached to an aromatic ring is 1. The van der Waals surface area contributed by atoms with Crippen LogP contribution < -0.4 is 16.1 Å². The molecular weight excluding hydrogens is 390 g/mol. The maximum absolute atomic E-state index is 12.4. The third kappa shape index (κ3) is 4.21. The summed E-state index contributed by atoms with van der Waals surface area (Å²) in [5.74, 6) is 6.55. The van der Waals surface area contributed by atoms with E-state index in [0.717, 1.165) is 17.7 Å². The van der Waals surface area contributed by atoms with Gasteiger partial charge in [-0.25, -0.2) is 4.68 Å². The van der Waals surface area contributed by atoms with Gasteiger partial charge in [0.15, 0.2) is 5.82 Å². The minimum atomic E-state index is -0.203. The van der Waals surface area contributed by atoms with Crippen molar-refractivity contribution in [2.75, 3.05) is 28.4 Å². The third-order valence-corrected chi connectivity index (χ3v) is 5.37. The minimum Gasteiger partial charge on any atom is -0.335 e. The van der Waals surface area contributed by atoms with Crippen molar-refractivity contribution in [2.45, 2.75) is 18.0 Å². The summed E-state index contributed by atoms with van der Waals surface area (Å²) in [7, 11) is 0. The summed E-state index contributed by atoms with van der Waals surface area (Å²) in [5.41, 5.74) is 2.17. The van der Waals surface area contributed by atoms with Gasteiger partial charge < -0.3 is 16.1 Å². The molecule has 1 fully saturated rings. The van der Waals surface area contributed by atoms with E-state index in [-0.39, 0.29) is 17.6 Å². The first-order chi connectivity index (χ1) is 14.1. The van der Waals surface area contributed by atoms with Crippen LogP contribution in [0, 0.1) is 0 Å². The molecule has 2 aromatic heterocycles. The lowest BCUT2D eigenvalue weighted by atomic mass is 10.2. The fourth-order valence-corrected chi connectivity index (χ4v) is 3.72. The molecule has 3 aromatic rings. The Morgan fingerprint density at radius 3 is 2.90 bits per heavy atom. The monoisotopic (exact) mass is 409 g/mol. The van der Waals surface area contributed by atoms with Gasteiger partial charge in [-0.3, -0.25) is 14.6 Å². The van der Waals surface area contributed by atoms with Crippen LogP contribution in [0.1, 0.15) is 12.8 Å². The summed E-state index contributed by atoms with van der Waals surface area (Å²) in [6.07, 6.45) is 4.73. The van der Waals surface area contributed by atoms with Crippen molar-refractivity contribution >= 4 is 35.0 Å². The van der Waals surface area contributed by atoms with E-state index < -0.39 is 0 Å². The standard InChI is InChI=1S/C19H19N7O2S/c20-26-18(13-4-2-8-21-11-13)23-24-19(26)29-12-16(27)22-14-5-1-6-15(10-14)25-9-3-7-17(25)28/h1-2,4-6,8,10-11H,3,7,9,12,20H2,(H,22,27). The summed E-state index contributed by atoms with van der Waals surface area (Å²) in [5, 5.41) is 11.4. The van der Waals surface area contributed by atoms with Gasteiger partial charge in [-0.2, -0.15) is 0 Å². The topological polar surface area (TPSA) is 119 Å². The molecule has 2 amide bonds. The van der Waals surface area contributed by atoms with Gasteiger partial charge >= 0.3 is 0 Å². The van der Waals surface area contributed by atoms with Crippen molar-refractivity contribution in [1.82, 2.24) is 19.9 Å². The molecule has 148 valence electrons. The molecule has 0 atom stereocenters. The Bertz CT molecular complexity index is 1040. The van der Waals surface area contributed by atoms with Crippen molar-refractivity contribution in [1.29, 1.82) is 0 Å². The molecule has 0 bridgehead atoms. The van der Waals surface area contributed by atoms with Crippen molar-refractivity contribution in [3.05, 3.63) is 48.8 Å². The molecule has 29 heavy (non-hydrogen) atoms. The Labute approximate surface area is 171 Å². The Kier molecular flexibility index (Phi) is 5.43. The molecule has 0 saturated carbocycles. The summed E-state index contributed by atoms with van der Waals surface area (Å²) >= 11 is 1.19. The molecule has 1 aromatic carbocycles. The van der Waals surface area contributed by atoms with Gasteiger partial charge in [0, 0.05) is 42.3 Å². The highest BCUT2D eigenvalue weighted by atomic mass is 32.2. The number of nitrogens with zero attached hydrogens (tertiary/aromatic N) is 5. The predicted molar refractivity (Wildman–Crippen MR) is 111 cm³/mol. The Morgan fingerprint density at radius 1 is 1.24 bits per heavy atom. The van der Waals surface area contributed by atoms with Gasteiger partial charge in [-0.1, -0.05) is 17.8 Å². The zero-order valence-electron chi connectivity index (χ0n) is 15.5. The number of hydrogen-bond acceptors (Lipinski definition) is 7. The van der Waals surface area contributed by atoms with E-state index in [1.165, 1.54) is 16.4 Å². The molecule has 0 spiro atoms. The first-order valence-corrected chi connectivity index (χ1v) is 10.0. The highest BCUT2D eigenvalue weighted by Crippen LogP contribution is 2.25. The molecule has 0 unspecified atom stereocenters. The quantitative estimate of drug-likeness (QED) is 0.471. The fraction of sp³-hybridized carbons (Fsp3) is 0.211. The average Bonchev–Trinajstić information content (AvgIpc) is 3.33. The van der Waals surface area contributed by atoms with Gasteiger partial charge in [-0.15, -0.1) is 10.2 Å². The molecular formula is C19H19N7O2S. The number of rotatable bonds is 6. The minimum absolute atomic E-state index is 0.107. The number of nitrogens with two attached hydrogens (primary N) is 1. The van der Waals surface area contributed by atoms with E-state index in [2.05, 4.69) is 20.5 Å². The second-order valence-corrected chi connectivity index (χ2v) is 7.40. The van der Waals surface area contributed by atoms with Gasteiger partial charge in [-0.05, 0) is 36.8 Å². The second-order valence-electron chi connectivity index (χ2n) is 6.45. The highest BCUT2D eigenvalue weighted by Gasteiger charge is 2.22. The van der Waals surface area contributed by atoms with Crippen molar-refractivity contribution < 1.29 is 9.59 Å². The van der Waals surface area contributed by atoms with Crippen LogP contribution >= 0.6 is 11.8 Å². The molecule has 10 heteroatoms. The maximum atomic E-state index is 12.4. The van der Waals surface area contributed by atoms with Gasteiger partial charge in [0.2, 0.25) is 17.0 Å². The van der Waals surface area contributed by atoms with E-state index in [1.54, 1.807) is 35.5 Å². The summed E-state index contributed by atoms with van der Waals surface area (Å²) in [4.78, 5) is 30.0. The number of carbonyl (C=O) groups is 2. The number of benzene rings is 1. The number of thioether (sulfide) groups is 1. The molecule has 0 radical (unpaired) electrons. The molecule has 4 rings (SSSR count). The fourth-order valence-electron chi connectivity index (χ4n) is 3.07. The Balaban J connectivity index is 1.38. The first-order valence-electron chi connectivity index (χ1n) is 9.06. The maximum Gasteiger partial charge on any atom is 0.234 e. The van der Waals surface area contributed by atoms with E-state index >= 15 is 0 Å². The summed E-state index contributed by atoms with van der Waals surface area (Å²) < 4.78 is 1.34. The number of pyridine rings is 1. The average molecular weight is 409 g/mol. The van der Waals surface area contributed by atoms with E-state index in [0.29, 0.717) is 29.6 Å². The zero-order valence-corrected chi connectivity index (χ0v) is 16.3. The molecule has 9 nitrogen and oxygen atoms in total. The van der Waals surface area contributed by atoms with Gasteiger partial charge in [0.25, 0.3) is 0 Å². The predicted octanol–water partition coefficient (Wildman–Crippen LogP) is 1.91. The van der Waals surface area contributed by atoms with Crippen LogP contribution in [0.3, 0.4) is 0 Å². The molecule has 3 heterocycles. The molecule has 0 aliphatic carbocycles. The number of amides is 2. The third-order valence-electron chi connectivity index (χ3n) is 4.43. The van der Waals surface area contributed by atoms with Gasteiger partial charge in [0.05, 0.1) is 5.75 Å². The molecule has 1 aliphatic heterocycles. The lowest BCUT2D eigenvalue weighted by Crippen LogP contribution is -2.24. The van der Waals surface area contributed by atoms with E-state index in [1.807, 2.05) is 18.2 Å². The largest absolute Gasteiger partial charge is 0.335 e. The van der Waals surface area contributed by atoms with Crippen LogP contribution in [-0.2, 0) is 9.59 Å². The van der Waals surface area contributed by atoms with Crippen molar-refractivity contribution in [3.63, 3.8) is 0 Å².